The second kappa shape index (κ2) is 4.88. The van der Waals surface area contributed by atoms with Gasteiger partial charge in [0.15, 0.2) is 0 Å². The van der Waals surface area contributed by atoms with Crippen molar-refractivity contribution in [3.8, 4) is 0 Å². The predicted molar refractivity (Wildman–Crippen MR) is 51.0 cm³/mol. The molecule has 0 radical (unpaired) electrons. The van der Waals surface area contributed by atoms with Gasteiger partial charge in [-0.05, 0) is 13.8 Å². The largest absolute Gasteiger partial charge is 0.481 e. The van der Waals surface area contributed by atoms with Crippen molar-refractivity contribution in [2.24, 2.45) is 5.41 Å². The molecule has 0 fully saturated rings. The number of rotatable bonds is 6. The van der Waals surface area contributed by atoms with Crippen molar-refractivity contribution in [3.63, 3.8) is 0 Å². The van der Waals surface area contributed by atoms with Crippen molar-refractivity contribution in [2.45, 2.75) is 40.0 Å². The molecule has 0 heterocycles. The lowest BCUT2D eigenvalue weighted by molar-refractivity contribution is -0.149. The second-order valence-electron chi connectivity index (χ2n) is 3.97. The zero-order chi connectivity index (χ0) is 11.4. The van der Waals surface area contributed by atoms with Gasteiger partial charge >= 0.3 is 5.97 Å². The molecule has 0 unspecified atom stereocenters. The van der Waals surface area contributed by atoms with E-state index < -0.39 is 11.4 Å². The third-order valence-electron chi connectivity index (χ3n) is 2.01. The first-order valence-corrected chi connectivity index (χ1v) is 4.56. The van der Waals surface area contributed by atoms with Gasteiger partial charge in [-0.25, -0.2) is 0 Å². The molecule has 0 saturated carbocycles. The van der Waals surface area contributed by atoms with Gasteiger partial charge in [0.25, 0.3) is 0 Å². The molecule has 0 spiro atoms. The van der Waals surface area contributed by atoms with Crippen LogP contribution in [-0.2, 0) is 14.4 Å². The molecule has 1 N–H and O–H groups in total. The molecule has 80 valence electrons. The Morgan fingerprint density at radius 3 is 2.00 bits per heavy atom. The number of carbonyl (C=O) groups is 3. The summed E-state index contributed by atoms with van der Waals surface area (Å²) in [5.41, 5.74) is -1.08. The zero-order valence-electron chi connectivity index (χ0n) is 8.79. The van der Waals surface area contributed by atoms with Crippen molar-refractivity contribution >= 4 is 17.5 Å². The van der Waals surface area contributed by atoms with Crippen LogP contribution in [0.25, 0.3) is 0 Å². The van der Waals surface area contributed by atoms with Gasteiger partial charge < -0.3 is 5.11 Å². The molecule has 0 aliphatic heterocycles. The van der Waals surface area contributed by atoms with Gasteiger partial charge in [0.2, 0.25) is 0 Å². The lowest BCUT2D eigenvalue weighted by Crippen LogP contribution is -2.27. The van der Waals surface area contributed by atoms with Crippen LogP contribution in [0, 0.1) is 5.41 Å². The molecule has 0 aliphatic rings. The molecule has 4 heteroatoms. The van der Waals surface area contributed by atoms with Crippen LogP contribution in [0.15, 0.2) is 0 Å². The van der Waals surface area contributed by atoms with Gasteiger partial charge in [0.05, 0.1) is 11.8 Å². The van der Waals surface area contributed by atoms with E-state index in [2.05, 4.69) is 0 Å². The standard InChI is InChI=1S/C10H16O4/c1-4-7(11)5-8(12)6-10(2,3)9(13)14/h4-6H2,1-3H3,(H,13,14). The van der Waals surface area contributed by atoms with Gasteiger partial charge in [-0.15, -0.1) is 0 Å². The van der Waals surface area contributed by atoms with Crippen LogP contribution in [0.3, 0.4) is 0 Å². The topological polar surface area (TPSA) is 71.4 Å². The molecular weight excluding hydrogens is 184 g/mol. The van der Waals surface area contributed by atoms with Gasteiger partial charge in [-0.3, -0.25) is 14.4 Å². The quantitative estimate of drug-likeness (QED) is 0.658. The molecule has 0 saturated heterocycles. The summed E-state index contributed by atoms with van der Waals surface area (Å²) in [4.78, 5) is 32.8. The lowest BCUT2D eigenvalue weighted by Gasteiger charge is -2.17. The fourth-order valence-electron chi connectivity index (χ4n) is 0.976. The van der Waals surface area contributed by atoms with Crippen LogP contribution in [0.5, 0.6) is 0 Å². The molecule has 0 amide bonds. The van der Waals surface area contributed by atoms with E-state index in [0.717, 1.165) is 0 Å². The second-order valence-corrected chi connectivity index (χ2v) is 3.97. The third kappa shape index (κ3) is 4.16. The van der Waals surface area contributed by atoms with Crippen LogP contribution in [0.1, 0.15) is 40.0 Å². The normalized spacial score (nSPS) is 11.1. The fourth-order valence-corrected chi connectivity index (χ4v) is 0.976. The highest BCUT2D eigenvalue weighted by molar-refractivity contribution is 6.00. The number of aliphatic carboxylic acids is 1. The van der Waals surface area contributed by atoms with E-state index in [1.54, 1.807) is 6.92 Å². The lowest BCUT2D eigenvalue weighted by atomic mass is 9.86. The Kier molecular flexibility index (Phi) is 4.47. The first-order valence-electron chi connectivity index (χ1n) is 4.56. The monoisotopic (exact) mass is 200 g/mol. The van der Waals surface area contributed by atoms with Crippen molar-refractivity contribution in [2.75, 3.05) is 0 Å². The minimum atomic E-state index is -1.08. The van der Waals surface area contributed by atoms with Crippen LogP contribution in [0.2, 0.25) is 0 Å². The van der Waals surface area contributed by atoms with E-state index in [1.165, 1.54) is 13.8 Å². The summed E-state index contributed by atoms with van der Waals surface area (Å²) in [5, 5.41) is 8.74. The summed E-state index contributed by atoms with van der Waals surface area (Å²) in [6.45, 7) is 4.63. The number of carbonyl (C=O) groups excluding carboxylic acids is 2. The van der Waals surface area contributed by atoms with Crippen LogP contribution < -0.4 is 0 Å². The number of carboxylic acid groups (broad SMARTS) is 1. The van der Waals surface area contributed by atoms with Crippen LogP contribution >= 0.6 is 0 Å². The highest BCUT2D eigenvalue weighted by Crippen LogP contribution is 2.21. The smallest absolute Gasteiger partial charge is 0.309 e. The maximum absolute atomic E-state index is 11.2. The van der Waals surface area contributed by atoms with Gasteiger partial charge in [-0.2, -0.15) is 0 Å². The third-order valence-corrected chi connectivity index (χ3v) is 2.01. The first kappa shape index (κ1) is 12.8. The van der Waals surface area contributed by atoms with Crippen molar-refractivity contribution in [3.05, 3.63) is 0 Å². The van der Waals surface area contributed by atoms with Crippen LogP contribution in [0.4, 0.5) is 0 Å². The van der Waals surface area contributed by atoms with Gasteiger partial charge in [-0.1, -0.05) is 6.92 Å². The first-order chi connectivity index (χ1) is 6.29. The van der Waals surface area contributed by atoms with E-state index >= 15 is 0 Å². The summed E-state index contributed by atoms with van der Waals surface area (Å²) in [6.07, 6.45) is 0.0839. The number of hydrogen-bond acceptors (Lipinski definition) is 3. The highest BCUT2D eigenvalue weighted by atomic mass is 16.4. The molecular formula is C10H16O4. The van der Waals surface area contributed by atoms with E-state index in [4.69, 9.17) is 5.11 Å². The maximum atomic E-state index is 11.2. The molecule has 0 aliphatic carbocycles. The molecule has 0 atom stereocenters. The number of hydrogen-bond donors (Lipinski definition) is 1. The summed E-state index contributed by atoms with van der Waals surface area (Å²) in [5.74, 6) is -1.46. The Bertz CT molecular complexity index is 253. The van der Waals surface area contributed by atoms with Crippen LogP contribution in [-0.4, -0.2) is 22.6 Å². The summed E-state index contributed by atoms with van der Waals surface area (Å²) in [7, 11) is 0. The number of carboxylic acids is 1. The van der Waals surface area contributed by atoms with E-state index in [-0.39, 0.29) is 24.4 Å². The number of Topliss-reactive ketones (excluding diaryl/α,β-unsaturated/α-hetero) is 2. The molecule has 0 aromatic carbocycles. The van der Waals surface area contributed by atoms with Crippen molar-refractivity contribution in [1.82, 2.24) is 0 Å². The van der Waals surface area contributed by atoms with Gasteiger partial charge in [0.1, 0.15) is 11.6 Å². The zero-order valence-corrected chi connectivity index (χ0v) is 8.79. The summed E-state index contributed by atoms with van der Waals surface area (Å²) < 4.78 is 0. The molecule has 4 nitrogen and oxygen atoms in total. The molecule has 0 rings (SSSR count). The maximum Gasteiger partial charge on any atom is 0.309 e. The Balaban J connectivity index is 4.19. The Labute approximate surface area is 83.3 Å². The van der Waals surface area contributed by atoms with E-state index in [9.17, 15) is 14.4 Å². The Hall–Kier alpha value is -1.19. The Morgan fingerprint density at radius 1 is 1.14 bits per heavy atom. The highest BCUT2D eigenvalue weighted by Gasteiger charge is 2.30. The molecule has 0 aromatic heterocycles. The van der Waals surface area contributed by atoms with E-state index in [0.29, 0.717) is 6.42 Å². The summed E-state index contributed by atoms with van der Waals surface area (Å²) in [6, 6.07) is 0. The fraction of sp³-hybridized carbons (Fsp3) is 0.700. The SMILES string of the molecule is CCC(=O)CC(=O)CC(C)(C)C(=O)O. The van der Waals surface area contributed by atoms with E-state index in [1.807, 2.05) is 0 Å². The molecule has 0 bridgehead atoms. The predicted octanol–water partition coefficient (Wildman–Crippen LogP) is 1.43. The van der Waals surface area contributed by atoms with Crippen molar-refractivity contribution < 1.29 is 19.5 Å². The Morgan fingerprint density at radius 2 is 1.64 bits per heavy atom. The minimum Gasteiger partial charge on any atom is -0.481 e. The van der Waals surface area contributed by atoms with Crippen molar-refractivity contribution in [1.29, 1.82) is 0 Å². The molecule has 0 aromatic rings. The van der Waals surface area contributed by atoms with Gasteiger partial charge in [0, 0.05) is 12.8 Å². The minimum absolute atomic E-state index is 0.0892. The molecule has 14 heavy (non-hydrogen) atoms. The summed E-state index contributed by atoms with van der Waals surface area (Å²) >= 11 is 0. The average Bonchev–Trinajstić information content (AvgIpc) is 2.02. The number of ketones is 2. The average molecular weight is 200 g/mol.